The van der Waals surface area contributed by atoms with Crippen LogP contribution >= 0.6 is 0 Å². The third-order valence-corrected chi connectivity index (χ3v) is 3.87. The van der Waals surface area contributed by atoms with Crippen molar-refractivity contribution < 1.29 is 9.18 Å². The Balaban J connectivity index is 1.71. The minimum Gasteiger partial charge on any atom is -0.307 e. The second-order valence-corrected chi connectivity index (χ2v) is 5.55. The van der Waals surface area contributed by atoms with Crippen molar-refractivity contribution >= 4 is 11.7 Å². The van der Waals surface area contributed by atoms with Crippen LogP contribution in [0, 0.1) is 11.5 Å². The number of nitrogens with zero attached hydrogens (tertiary/aromatic N) is 4. The molecule has 0 aliphatic carbocycles. The fourth-order valence-corrected chi connectivity index (χ4v) is 2.64. The van der Waals surface area contributed by atoms with Crippen LogP contribution in [0.25, 0.3) is 5.69 Å². The van der Waals surface area contributed by atoms with E-state index in [9.17, 15) is 9.18 Å². The number of likely N-dealkylation sites (tertiary alicyclic amines) is 1. The van der Waals surface area contributed by atoms with Gasteiger partial charge in [0.05, 0.1) is 12.7 Å². The van der Waals surface area contributed by atoms with Crippen molar-refractivity contribution in [1.29, 1.82) is 5.26 Å². The summed E-state index contributed by atoms with van der Waals surface area (Å²) in [4.78, 5) is 17.6. The molecule has 0 radical (unpaired) electrons. The monoisotopic (exact) mass is 313 g/mol. The molecular formula is C16H16FN5O. The van der Waals surface area contributed by atoms with E-state index in [0.717, 1.165) is 5.69 Å². The van der Waals surface area contributed by atoms with Crippen molar-refractivity contribution in [2.24, 2.45) is 0 Å². The predicted molar refractivity (Wildman–Crippen MR) is 82.5 cm³/mol. The second-order valence-electron chi connectivity index (χ2n) is 5.55. The molecule has 1 unspecified atom stereocenters. The topological polar surface area (TPSA) is 74.0 Å². The van der Waals surface area contributed by atoms with Crippen LogP contribution in [0.15, 0.2) is 42.9 Å². The Morgan fingerprint density at radius 3 is 2.91 bits per heavy atom. The normalized spacial score (nSPS) is 20.8. The van der Waals surface area contributed by atoms with Crippen LogP contribution in [-0.2, 0) is 4.79 Å². The molecule has 118 valence electrons. The zero-order chi connectivity index (χ0) is 16.3. The quantitative estimate of drug-likeness (QED) is 0.881. The number of para-hydroxylation sites is 1. The molecule has 1 fully saturated rings. The number of rotatable bonds is 3. The summed E-state index contributed by atoms with van der Waals surface area (Å²) in [5.41, 5.74) is -1.17. The van der Waals surface area contributed by atoms with Crippen molar-refractivity contribution in [2.45, 2.75) is 18.5 Å². The first-order chi connectivity index (χ1) is 11.1. The van der Waals surface area contributed by atoms with Crippen molar-refractivity contribution in [1.82, 2.24) is 14.5 Å². The summed E-state index contributed by atoms with van der Waals surface area (Å²) < 4.78 is 16.5. The molecule has 1 aromatic carbocycles. The molecular weight excluding hydrogens is 297 g/mol. The third kappa shape index (κ3) is 3.16. The average molecular weight is 313 g/mol. The van der Waals surface area contributed by atoms with Gasteiger partial charge in [-0.05, 0) is 25.0 Å². The largest absolute Gasteiger partial charge is 0.307 e. The summed E-state index contributed by atoms with van der Waals surface area (Å²) in [5, 5.41) is 11.4. The lowest BCUT2D eigenvalue weighted by molar-refractivity contribution is -0.130. The maximum absolute atomic E-state index is 14.8. The minimum atomic E-state index is -2.06. The molecule has 23 heavy (non-hydrogen) atoms. The molecule has 1 aromatic heterocycles. The van der Waals surface area contributed by atoms with E-state index < -0.39 is 11.6 Å². The number of piperidine rings is 1. The Bertz CT molecular complexity index is 738. The number of carbonyl (C=O) groups is 1. The number of nitriles is 1. The van der Waals surface area contributed by atoms with E-state index in [1.54, 1.807) is 17.1 Å². The van der Waals surface area contributed by atoms with Gasteiger partial charge in [-0.3, -0.25) is 4.79 Å². The summed E-state index contributed by atoms with van der Waals surface area (Å²) in [6.45, 7) is 0.271. The Morgan fingerprint density at radius 1 is 1.39 bits per heavy atom. The highest BCUT2D eigenvalue weighted by Gasteiger charge is 2.43. The Labute approximate surface area is 133 Å². The standard InChI is InChI=1S/C16H16FN5O/c17-16(7-4-8-21(10-16)11-18)15(23)20-14-9-22(12-19-14)13-5-2-1-3-6-13/h1-3,5-6,9,12H,4,7-8,10H2,(H,20,23). The van der Waals surface area contributed by atoms with E-state index >= 15 is 0 Å². The molecule has 6 nitrogen and oxygen atoms in total. The van der Waals surface area contributed by atoms with Crippen LogP contribution in [0.4, 0.5) is 10.2 Å². The number of carbonyl (C=O) groups excluding carboxylic acids is 1. The molecule has 7 heteroatoms. The Morgan fingerprint density at radius 2 is 2.17 bits per heavy atom. The first-order valence-electron chi connectivity index (χ1n) is 7.35. The summed E-state index contributed by atoms with van der Waals surface area (Å²) in [7, 11) is 0. The number of hydrogen-bond donors (Lipinski definition) is 1. The summed E-state index contributed by atoms with van der Waals surface area (Å²) in [6, 6.07) is 9.48. The maximum atomic E-state index is 14.8. The van der Waals surface area contributed by atoms with Gasteiger partial charge in [-0.25, -0.2) is 9.37 Å². The second kappa shape index (κ2) is 6.08. The van der Waals surface area contributed by atoms with Gasteiger partial charge in [-0.15, -0.1) is 0 Å². The zero-order valence-electron chi connectivity index (χ0n) is 12.4. The Hall–Kier alpha value is -2.88. The molecule has 3 rings (SSSR count). The van der Waals surface area contributed by atoms with Crippen LogP contribution in [0.3, 0.4) is 0 Å². The van der Waals surface area contributed by atoms with Gasteiger partial charge in [0.15, 0.2) is 12.0 Å². The number of amides is 1. The smallest absolute Gasteiger partial charge is 0.265 e. The van der Waals surface area contributed by atoms with E-state index in [1.807, 2.05) is 36.5 Å². The summed E-state index contributed by atoms with van der Waals surface area (Å²) in [5.74, 6) is -0.472. The first-order valence-corrected chi connectivity index (χ1v) is 7.35. The zero-order valence-corrected chi connectivity index (χ0v) is 12.4. The van der Waals surface area contributed by atoms with Crippen LogP contribution < -0.4 is 5.32 Å². The number of anilines is 1. The summed E-state index contributed by atoms with van der Waals surface area (Å²) in [6.07, 6.45) is 5.65. The van der Waals surface area contributed by atoms with Crippen molar-refractivity contribution in [3.8, 4) is 11.9 Å². The molecule has 0 bridgehead atoms. The van der Waals surface area contributed by atoms with E-state index in [-0.39, 0.29) is 18.8 Å². The SMILES string of the molecule is N#CN1CCCC(F)(C(=O)Nc2cn(-c3ccccc3)cn2)C1. The molecule has 0 saturated carbocycles. The maximum Gasteiger partial charge on any atom is 0.265 e. The molecule has 1 saturated heterocycles. The van der Waals surface area contributed by atoms with Crippen LogP contribution in [0.1, 0.15) is 12.8 Å². The van der Waals surface area contributed by atoms with Crippen LogP contribution in [0.2, 0.25) is 0 Å². The third-order valence-electron chi connectivity index (χ3n) is 3.87. The fourth-order valence-electron chi connectivity index (χ4n) is 2.64. The van der Waals surface area contributed by atoms with E-state index in [1.165, 1.54) is 4.90 Å². The van der Waals surface area contributed by atoms with Gasteiger partial charge in [0.25, 0.3) is 5.91 Å². The Kier molecular flexibility index (Phi) is 3.98. The van der Waals surface area contributed by atoms with Gasteiger partial charge >= 0.3 is 0 Å². The van der Waals surface area contributed by atoms with Crippen molar-refractivity contribution in [2.75, 3.05) is 18.4 Å². The van der Waals surface area contributed by atoms with Crippen molar-refractivity contribution in [3.63, 3.8) is 0 Å². The predicted octanol–water partition coefficient (Wildman–Crippen LogP) is 2.10. The number of nitrogens with one attached hydrogen (secondary N) is 1. The number of alkyl halides is 1. The highest BCUT2D eigenvalue weighted by Crippen LogP contribution is 2.26. The molecule has 2 aromatic rings. The number of hydrogen-bond acceptors (Lipinski definition) is 4. The van der Waals surface area contributed by atoms with Gasteiger partial charge in [0.2, 0.25) is 5.67 Å². The van der Waals surface area contributed by atoms with Gasteiger partial charge in [0.1, 0.15) is 6.33 Å². The number of imidazole rings is 1. The van der Waals surface area contributed by atoms with Crippen LogP contribution in [0.5, 0.6) is 0 Å². The molecule has 1 aliphatic rings. The lowest BCUT2D eigenvalue weighted by Crippen LogP contribution is -2.51. The van der Waals surface area contributed by atoms with E-state index in [4.69, 9.17) is 5.26 Å². The molecule has 1 amide bonds. The minimum absolute atomic E-state index is 0.108. The molecule has 2 heterocycles. The lowest BCUT2D eigenvalue weighted by atomic mass is 9.94. The summed E-state index contributed by atoms with van der Waals surface area (Å²) >= 11 is 0. The molecule has 1 aliphatic heterocycles. The highest BCUT2D eigenvalue weighted by atomic mass is 19.1. The van der Waals surface area contributed by atoms with E-state index in [0.29, 0.717) is 13.0 Å². The number of benzene rings is 1. The lowest BCUT2D eigenvalue weighted by Gasteiger charge is -2.32. The molecule has 0 spiro atoms. The molecule has 1 atom stereocenters. The van der Waals surface area contributed by atoms with Gasteiger partial charge < -0.3 is 14.8 Å². The highest BCUT2D eigenvalue weighted by molar-refractivity contribution is 5.96. The van der Waals surface area contributed by atoms with Gasteiger partial charge in [0, 0.05) is 12.2 Å². The number of aromatic nitrogens is 2. The first kappa shape index (κ1) is 15.0. The van der Waals surface area contributed by atoms with E-state index in [2.05, 4.69) is 10.3 Å². The fraction of sp³-hybridized carbons (Fsp3) is 0.312. The molecule has 1 N–H and O–H groups in total. The number of halogens is 1. The van der Waals surface area contributed by atoms with Gasteiger partial charge in [-0.1, -0.05) is 18.2 Å². The van der Waals surface area contributed by atoms with Gasteiger partial charge in [-0.2, -0.15) is 5.26 Å². The van der Waals surface area contributed by atoms with Crippen molar-refractivity contribution in [3.05, 3.63) is 42.9 Å². The van der Waals surface area contributed by atoms with Crippen LogP contribution in [-0.4, -0.2) is 39.1 Å². The average Bonchev–Trinajstić information content (AvgIpc) is 3.04.